The van der Waals surface area contributed by atoms with Crippen molar-refractivity contribution >= 4 is 5.95 Å². The summed E-state index contributed by atoms with van der Waals surface area (Å²) in [5, 5.41) is 9.08. The Morgan fingerprint density at radius 3 is 2.77 bits per heavy atom. The highest BCUT2D eigenvalue weighted by atomic mass is 16.5. The second-order valence-electron chi connectivity index (χ2n) is 6.94. The van der Waals surface area contributed by atoms with E-state index >= 15 is 0 Å². The fraction of sp³-hybridized carbons (Fsp3) is 0.875. The third-order valence-corrected chi connectivity index (χ3v) is 5.55. The summed E-state index contributed by atoms with van der Waals surface area (Å²) in [6.45, 7) is 4.23. The van der Waals surface area contributed by atoms with Crippen LogP contribution in [0.15, 0.2) is 0 Å². The highest BCUT2D eigenvalue weighted by Crippen LogP contribution is 2.40. The topological polar surface area (TPSA) is 52.4 Å². The van der Waals surface area contributed by atoms with Gasteiger partial charge in [-0.2, -0.15) is 0 Å². The van der Waals surface area contributed by atoms with Gasteiger partial charge in [0.1, 0.15) is 5.82 Å². The molecule has 2 heterocycles. The van der Waals surface area contributed by atoms with Gasteiger partial charge < -0.3 is 14.4 Å². The fourth-order valence-electron chi connectivity index (χ4n) is 3.80. The number of methoxy groups -OCH3 is 1. The Bertz CT molecular complexity index is 522. The molecule has 22 heavy (non-hydrogen) atoms. The zero-order chi connectivity index (χ0) is 15.0. The first-order chi connectivity index (χ1) is 10.8. The van der Waals surface area contributed by atoms with Crippen molar-refractivity contribution in [3.8, 4) is 0 Å². The Kier molecular flexibility index (Phi) is 3.82. The van der Waals surface area contributed by atoms with Crippen molar-refractivity contribution < 1.29 is 9.47 Å². The summed E-state index contributed by atoms with van der Waals surface area (Å²) in [6.07, 6.45) is 7.47. The predicted molar refractivity (Wildman–Crippen MR) is 83.2 cm³/mol. The molecule has 1 saturated heterocycles. The molecule has 0 radical (unpaired) electrons. The number of aromatic nitrogens is 3. The van der Waals surface area contributed by atoms with Gasteiger partial charge in [0.15, 0.2) is 0 Å². The van der Waals surface area contributed by atoms with Crippen LogP contribution in [0, 0.1) is 0 Å². The van der Waals surface area contributed by atoms with Crippen LogP contribution in [0.2, 0.25) is 0 Å². The van der Waals surface area contributed by atoms with E-state index in [-0.39, 0.29) is 5.60 Å². The van der Waals surface area contributed by atoms with Crippen molar-refractivity contribution in [1.29, 1.82) is 0 Å². The number of morpholine rings is 1. The number of hydrogen-bond acceptors (Lipinski definition) is 5. The van der Waals surface area contributed by atoms with Crippen LogP contribution in [0.5, 0.6) is 0 Å². The Hall–Kier alpha value is -1.14. The van der Waals surface area contributed by atoms with Gasteiger partial charge >= 0.3 is 0 Å². The van der Waals surface area contributed by atoms with Crippen LogP contribution in [0.3, 0.4) is 0 Å². The quantitative estimate of drug-likeness (QED) is 0.832. The molecular weight excluding hydrogens is 280 g/mol. The second-order valence-corrected chi connectivity index (χ2v) is 6.94. The minimum atomic E-state index is 0.0902. The largest absolute Gasteiger partial charge is 0.383 e. The van der Waals surface area contributed by atoms with Crippen LogP contribution in [0.25, 0.3) is 0 Å². The van der Waals surface area contributed by atoms with Gasteiger partial charge in [0, 0.05) is 26.1 Å². The summed E-state index contributed by atoms with van der Waals surface area (Å²) in [5.74, 6) is 2.78. The molecule has 3 fully saturated rings. The third kappa shape index (κ3) is 2.42. The molecular formula is C16H26N4O2. The van der Waals surface area contributed by atoms with Crippen molar-refractivity contribution in [2.45, 2.75) is 56.6 Å². The van der Waals surface area contributed by atoms with Gasteiger partial charge in [-0.15, -0.1) is 10.2 Å². The van der Waals surface area contributed by atoms with Crippen LogP contribution in [-0.4, -0.2) is 53.8 Å². The maximum atomic E-state index is 6.04. The lowest BCUT2D eigenvalue weighted by molar-refractivity contribution is -0.107. The Labute approximate surface area is 131 Å². The first-order valence-corrected chi connectivity index (χ1v) is 8.62. The van der Waals surface area contributed by atoms with Crippen LogP contribution < -0.4 is 4.90 Å². The summed E-state index contributed by atoms with van der Waals surface area (Å²) in [5.41, 5.74) is 0.0902. The maximum Gasteiger partial charge on any atom is 0.227 e. The Morgan fingerprint density at radius 1 is 1.27 bits per heavy atom. The summed E-state index contributed by atoms with van der Waals surface area (Å²) in [6, 6.07) is 0. The molecule has 1 aliphatic heterocycles. The Morgan fingerprint density at radius 2 is 2.14 bits per heavy atom. The molecule has 0 unspecified atom stereocenters. The van der Waals surface area contributed by atoms with E-state index in [2.05, 4.69) is 19.7 Å². The molecule has 0 N–H and O–H groups in total. The molecule has 0 atom stereocenters. The minimum Gasteiger partial charge on any atom is -0.383 e. The van der Waals surface area contributed by atoms with E-state index in [1.807, 2.05) is 0 Å². The van der Waals surface area contributed by atoms with Gasteiger partial charge in [0.2, 0.25) is 5.95 Å². The normalized spacial score (nSPS) is 24.3. The summed E-state index contributed by atoms with van der Waals surface area (Å²) >= 11 is 0. The minimum absolute atomic E-state index is 0.0902. The lowest BCUT2D eigenvalue weighted by atomic mass is 9.79. The van der Waals surface area contributed by atoms with Crippen LogP contribution >= 0.6 is 0 Å². The predicted octanol–water partition coefficient (Wildman–Crippen LogP) is 1.95. The molecule has 3 aliphatic rings. The third-order valence-electron chi connectivity index (χ3n) is 5.55. The number of nitrogens with zero attached hydrogens (tertiary/aromatic N) is 4. The maximum absolute atomic E-state index is 6.04. The van der Waals surface area contributed by atoms with Crippen molar-refractivity contribution in [2.24, 2.45) is 0 Å². The average molecular weight is 306 g/mol. The van der Waals surface area contributed by atoms with E-state index < -0.39 is 0 Å². The molecule has 0 amide bonds. The summed E-state index contributed by atoms with van der Waals surface area (Å²) in [4.78, 5) is 2.38. The van der Waals surface area contributed by atoms with Crippen LogP contribution in [-0.2, 0) is 16.0 Å². The van der Waals surface area contributed by atoms with E-state index in [1.54, 1.807) is 7.11 Å². The molecule has 6 nitrogen and oxygen atoms in total. The van der Waals surface area contributed by atoms with Crippen LogP contribution in [0.4, 0.5) is 5.95 Å². The molecule has 2 saturated carbocycles. The summed E-state index contributed by atoms with van der Waals surface area (Å²) < 4.78 is 13.6. The van der Waals surface area contributed by atoms with Crippen molar-refractivity contribution in [2.75, 3.05) is 38.3 Å². The SMILES string of the molecule is COCCn1c(C2CCC2)nnc1N1CCOC2(CCC2)C1. The van der Waals surface area contributed by atoms with Gasteiger partial charge in [-0.05, 0) is 32.1 Å². The lowest BCUT2D eigenvalue weighted by Gasteiger charge is -2.48. The van der Waals surface area contributed by atoms with Gasteiger partial charge in [-0.1, -0.05) is 6.42 Å². The van der Waals surface area contributed by atoms with Crippen molar-refractivity contribution in [3.63, 3.8) is 0 Å². The summed E-state index contributed by atoms with van der Waals surface area (Å²) in [7, 11) is 1.76. The van der Waals surface area contributed by atoms with Gasteiger partial charge in [-0.25, -0.2) is 0 Å². The Balaban J connectivity index is 1.58. The molecule has 0 bridgehead atoms. The number of hydrogen-bond donors (Lipinski definition) is 0. The second kappa shape index (κ2) is 5.81. The molecule has 0 aromatic carbocycles. The van der Waals surface area contributed by atoms with Gasteiger partial charge in [0.25, 0.3) is 0 Å². The molecule has 4 rings (SSSR count). The molecule has 1 aromatic rings. The highest BCUT2D eigenvalue weighted by molar-refractivity contribution is 5.34. The van der Waals surface area contributed by atoms with Crippen molar-refractivity contribution in [1.82, 2.24) is 14.8 Å². The van der Waals surface area contributed by atoms with Crippen molar-refractivity contribution in [3.05, 3.63) is 5.82 Å². The zero-order valence-electron chi connectivity index (χ0n) is 13.5. The van der Waals surface area contributed by atoms with E-state index in [4.69, 9.17) is 9.47 Å². The van der Waals surface area contributed by atoms with E-state index in [0.29, 0.717) is 12.5 Å². The number of rotatable bonds is 5. The van der Waals surface area contributed by atoms with Gasteiger partial charge in [0.05, 0.1) is 25.4 Å². The lowest BCUT2D eigenvalue weighted by Crippen LogP contribution is -2.56. The molecule has 2 aliphatic carbocycles. The fourth-order valence-corrected chi connectivity index (χ4v) is 3.80. The standard InChI is InChI=1S/C16H26N4O2/c1-21-10-9-20-14(13-4-2-5-13)17-18-15(20)19-8-11-22-16(12-19)6-3-7-16/h13H,2-12H2,1H3. The molecule has 122 valence electrons. The van der Waals surface area contributed by atoms with Gasteiger partial charge in [-0.3, -0.25) is 4.57 Å². The molecule has 1 spiro atoms. The first kappa shape index (κ1) is 14.5. The van der Waals surface area contributed by atoms with Crippen LogP contribution in [0.1, 0.15) is 50.3 Å². The smallest absolute Gasteiger partial charge is 0.227 e. The molecule has 1 aromatic heterocycles. The number of anilines is 1. The average Bonchev–Trinajstić information content (AvgIpc) is 2.85. The van der Waals surface area contributed by atoms with E-state index in [9.17, 15) is 0 Å². The first-order valence-electron chi connectivity index (χ1n) is 8.62. The monoisotopic (exact) mass is 306 g/mol. The molecule has 6 heteroatoms. The van der Waals surface area contributed by atoms with E-state index in [0.717, 1.165) is 38.0 Å². The van der Waals surface area contributed by atoms with E-state index in [1.165, 1.54) is 38.5 Å². The number of ether oxygens (including phenoxy) is 2. The zero-order valence-corrected chi connectivity index (χ0v) is 13.5. The highest BCUT2D eigenvalue weighted by Gasteiger charge is 2.43.